The van der Waals surface area contributed by atoms with Gasteiger partial charge in [0.25, 0.3) is 10.0 Å². The van der Waals surface area contributed by atoms with E-state index in [0.717, 1.165) is 43.1 Å². The highest BCUT2D eigenvalue weighted by molar-refractivity contribution is 7.91. The molecule has 4 N–H and O–H groups in total. The Morgan fingerprint density at radius 1 is 1.33 bits per heavy atom. The zero-order chi connectivity index (χ0) is 15.2. The summed E-state index contributed by atoms with van der Waals surface area (Å²) in [4.78, 5) is 10.2. The number of nitrogens with zero attached hydrogens (tertiary/aromatic N) is 1. The summed E-state index contributed by atoms with van der Waals surface area (Å²) >= 11 is 0.773. The number of hydrazine groups is 1. The normalized spacial score (nSPS) is 19.0. The Labute approximate surface area is 125 Å². The Morgan fingerprint density at radius 2 is 1.90 bits per heavy atom. The predicted molar refractivity (Wildman–Crippen MR) is 78.3 cm³/mol. The molecule has 0 radical (unpaired) electrons. The Kier molecular flexibility index (Phi) is 3.64. The molecule has 0 bridgehead atoms. The highest BCUT2D eigenvalue weighted by atomic mass is 32.2. The smallest absolute Gasteiger partial charge is 0.306 e. The highest BCUT2D eigenvalue weighted by Gasteiger charge is 2.44. The van der Waals surface area contributed by atoms with Crippen LogP contribution in [0.5, 0.6) is 0 Å². The van der Waals surface area contributed by atoms with Gasteiger partial charge in [0.2, 0.25) is 0 Å². The van der Waals surface area contributed by atoms with Crippen molar-refractivity contribution in [2.45, 2.75) is 35.9 Å². The third kappa shape index (κ3) is 3.03. The van der Waals surface area contributed by atoms with E-state index in [1.54, 1.807) is 0 Å². The van der Waals surface area contributed by atoms with Crippen LogP contribution in [0.1, 0.15) is 25.7 Å². The molecular formula is C11H16N4O4S2. The summed E-state index contributed by atoms with van der Waals surface area (Å²) in [7, 11) is -3.75. The quantitative estimate of drug-likeness (QED) is 0.393. The number of nitrogen functional groups attached to an aromatic ring is 1. The number of nitrogens with one attached hydrogen (secondary N) is 2. The minimum atomic E-state index is -3.75. The van der Waals surface area contributed by atoms with Gasteiger partial charge in [-0.2, -0.15) is 0 Å². The molecule has 2 aliphatic rings. The average Bonchev–Trinajstić information content (AvgIpc) is 3.32. The molecule has 0 amide bonds. The lowest BCUT2D eigenvalue weighted by molar-refractivity contribution is -0.383. The molecule has 0 saturated heterocycles. The molecule has 2 saturated carbocycles. The van der Waals surface area contributed by atoms with E-state index in [0.29, 0.717) is 11.8 Å². The largest absolute Gasteiger partial charge is 0.310 e. The van der Waals surface area contributed by atoms with Gasteiger partial charge < -0.3 is 5.43 Å². The third-order valence-electron chi connectivity index (χ3n) is 3.83. The van der Waals surface area contributed by atoms with Gasteiger partial charge in [0.05, 0.1) is 4.92 Å². The van der Waals surface area contributed by atoms with E-state index in [1.165, 1.54) is 0 Å². The van der Waals surface area contributed by atoms with Crippen LogP contribution in [0, 0.1) is 22.0 Å². The van der Waals surface area contributed by atoms with Gasteiger partial charge in [-0.3, -0.25) is 10.1 Å². The van der Waals surface area contributed by atoms with E-state index in [1.807, 2.05) is 0 Å². The molecule has 116 valence electrons. The van der Waals surface area contributed by atoms with Gasteiger partial charge in [-0.1, -0.05) is 11.3 Å². The summed E-state index contributed by atoms with van der Waals surface area (Å²) in [5, 5.41) is 10.9. The maximum absolute atomic E-state index is 12.4. The predicted octanol–water partition coefficient (Wildman–Crippen LogP) is 1.41. The van der Waals surface area contributed by atoms with Crippen LogP contribution in [-0.4, -0.2) is 19.4 Å². The van der Waals surface area contributed by atoms with Gasteiger partial charge in [-0.15, -0.1) is 0 Å². The molecule has 10 heteroatoms. The number of hydrogen-bond donors (Lipinski definition) is 3. The van der Waals surface area contributed by atoms with Crippen LogP contribution < -0.4 is 16.0 Å². The van der Waals surface area contributed by atoms with E-state index in [9.17, 15) is 18.5 Å². The maximum Gasteiger partial charge on any atom is 0.306 e. The Bertz CT molecular complexity index is 652. The summed E-state index contributed by atoms with van der Waals surface area (Å²) in [6.45, 7) is 0. The molecule has 1 aromatic rings. The zero-order valence-corrected chi connectivity index (χ0v) is 12.7. The van der Waals surface area contributed by atoms with Crippen molar-refractivity contribution in [1.29, 1.82) is 0 Å². The first kappa shape index (κ1) is 14.7. The first-order chi connectivity index (χ1) is 9.92. The summed E-state index contributed by atoms with van der Waals surface area (Å²) in [6, 6.07) is 1.02. The Morgan fingerprint density at radius 3 is 2.29 bits per heavy atom. The van der Waals surface area contributed by atoms with Crippen LogP contribution in [-0.2, 0) is 10.0 Å². The van der Waals surface area contributed by atoms with Crippen molar-refractivity contribution < 1.29 is 13.3 Å². The number of sulfonamides is 1. The SMILES string of the molecule is NNc1sc(S(=O)(=O)NC(C2CC2)C2CC2)cc1[N+](=O)[O-]. The van der Waals surface area contributed by atoms with Gasteiger partial charge in [0.1, 0.15) is 4.21 Å². The standard InChI is InChI=1S/C11H16N4O4S2/c12-13-11-8(15(16)17)5-9(20-11)21(18,19)14-10(6-1-2-6)7-3-4-7/h5-7,10,13-14H,1-4,12H2. The summed E-state index contributed by atoms with van der Waals surface area (Å²) in [5.41, 5.74) is 1.86. The fourth-order valence-corrected chi connectivity index (χ4v) is 5.08. The van der Waals surface area contributed by atoms with Crippen LogP contribution >= 0.6 is 11.3 Å². The molecule has 0 unspecified atom stereocenters. The summed E-state index contributed by atoms with van der Waals surface area (Å²) in [6.07, 6.45) is 4.18. The van der Waals surface area contributed by atoms with E-state index in [4.69, 9.17) is 5.84 Å². The van der Waals surface area contributed by atoms with Gasteiger partial charge in [-0.05, 0) is 37.5 Å². The van der Waals surface area contributed by atoms with Gasteiger partial charge >= 0.3 is 5.69 Å². The zero-order valence-electron chi connectivity index (χ0n) is 11.1. The van der Waals surface area contributed by atoms with Crippen molar-refractivity contribution >= 4 is 32.0 Å². The lowest BCUT2D eigenvalue weighted by atomic mass is 10.1. The topological polar surface area (TPSA) is 127 Å². The second-order valence-electron chi connectivity index (χ2n) is 5.50. The van der Waals surface area contributed by atoms with Gasteiger partial charge in [0.15, 0.2) is 5.00 Å². The van der Waals surface area contributed by atoms with E-state index >= 15 is 0 Å². The molecule has 0 spiro atoms. The van der Waals surface area contributed by atoms with Crippen molar-refractivity contribution in [2.75, 3.05) is 5.43 Å². The average molecular weight is 332 g/mol. The van der Waals surface area contributed by atoms with Crippen LogP contribution in [0.15, 0.2) is 10.3 Å². The number of nitro groups is 1. The van der Waals surface area contributed by atoms with E-state index in [2.05, 4.69) is 10.1 Å². The molecule has 3 rings (SSSR count). The maximum atomic E-state index is 12.4. The molecule has 0 aliphatic heterocycles. The molecule has 8 nitrogen and oxygen atoms in total. The number of hydrogen-bond acceptors (Lipinski definition) is 7. The van der Waals surface area contributed by atoms with Gasteiger partial charge in [-0.25, -0.2) is 19.0 Å². The molecule has 2 aliphatic carbocycles. The first-order valence-electron chi connectivity index (χ1n) is 6.69. The van der Waals surface area contributed by atoms with Crippen molar-refractivity contribution in [3.8, 4) is 0 Å². The summed E-state index contributed by atoms with van der Waals surface area (Å²) < 4.78 is 27.5. The second kappa shape index (κ2) is 5.20. The monoisotopic (exact) mass is 332 g/mol. The van der Waals surface area contributed by atoms with E-state index in [-0.39, 0.29) is 20.9 Å². The minimum absolute atomic E-state index is 0.0366. The highest BCUT2D eigenvalue weighted by Crippen LogP contribution is 2.45. The molecule has 1 aromatic heterocycles. The van der Waals surface area contributed by atoms with Crippen molar-refractivity contribution in [3.05, 3.63) is 16.2 Å². The Hall–Kier alpha value is -1.23. The summed E-state index contributed by atoms with van der Waals surface area (Å²) in [5.74, 6) is 6.03. The molecule has 21 heavy (non-hydrogen) atoms. The number of thiophene rings is 1. The minimum Gasteiger partial charge on any atom is -0.310 e. The molecule has 0 aromatic carbocycles. The number of anilines is 1. The lowest BCUT2D eigenvalue weighted by Gasteiger charge is -2.16. The van der Waals surface area contributed by atoms with Crippen LogP contribution in [0.2, 0.25) is 0 Å². The lowest BCUT2D eigenvalue weighted by Crippen LogP contribution is -2.37. The fourth-order valence-electron chi connectivity index (χ4n) is 2.46. The molecule has 2 fully saturated rings. The molecule has 1 heterocycles. The second-order valence-corrected chi connectivity index (χ2v) is 8.50. The molecular weight excluding hydrogens is 316 g/mol. The van der Waals surface area contributed by atoms with E-state index < -0.39 is 14.9 Å². The van der Waals surface area contributed by atoms with Crippen molar-refractivity contribution in [2.24, 2.45) is 17.7 Å². The van der Waals surface area contributed by atoms with Gasteiger partial charge in [0, 0.05) is 12.1 Å². The fraction of sp³-hybridized carbons (Fsp3) is 0.636. The Balaban J connectivity index is 1.85. The van der Waals surface area contributed by atoms with Crippen molar-refractivity contribution in [3.63, 3.8) is 0 Å². The third-order valence-corrected chi connectivity index (χ3v) is 6.82. The van der Waals surface area contributed by atoms with Crippen LogP contribution in [0.3, 0.4) is 0 Å². The van der Waals surface area contributed by atoms with Crippen LogP contribution in [0.25, 0.3) is 0 Å². The number of rotatable bonds is 7. The van der Waals surface area contributed by atoms with Crippen LogP contribution in [0.4, 0.5) is 10.7 Å². The number of nitrogens with two attached hydrogens (primary N) is 1. The van der Waals surface area contributed by atoms with Crippen molar-refractivity contribution in [1.82, 2.24) is 4.72 Å². The molecule has 0 atom stereocenters. The first-order valence-corrected chi connectivity index (χ1v) is 8.99.